The monoisotopic (exact) mass is 290 g/mol. The van der Waals surface area contributed by atoms with Crippen LogP contribution in [-0.2, 0) is 20.7 Å². The lowest BCUT2D eigenvalue weighted by atomic mass is 10.1. The second kappa shape index (κ2) is 6.90. The van der Waals surface area contributed by atoms with Crippen molar-refractivity contribution in [2.24, 2.45) is 0 Å². The van der Waals surface area contributed by atoms with Crippen LogP contribution >= 0.6 is 0 Å². The van der Waals surface area contributed by atoms with E-state index in [2.05, 4.69) is 10.3 Å². The van der Waals surface area contributed by atoms with E-state index >= 15 is 0 Å². The first-order valence-corrected chi connectivity index (χ1v) is 6.71. The fourth-order valence-corrected chi connectivity index (χ4v) is 2.14. The third kappa shape index (κ3) is 3.82. The van der Waals surface area contributed by atoms with Crippen molar-refractivity contribution in [2.45, 2.75) is 18.9 Å². The maximum Gasteiger partial charge on any atom is 0.333 e. The molecular formula is C15H18N2O4. The molecule has 0 fully saturated rings. The van der Waals surface area contributed by atoms with Gasteiger partial charge in [-0.05, 0) is 11.6 Å². The van der Waals surface area contributed by atoms with E-state index in [0.717, 1.165) is 16.5 Å². The van der Waals surface area contributed by atoms with Gasteiger partial charge in [-0.1, -0.05) is 18.2 Å². The number of amides is 1. The van der Waals surface area contributed by atoms with Crippen LogP contribution in [0.2, 0.25) is 0 Å². The molecule has 1 amide bonds. The minimum absolute atomic E-state index is 0.0823. The van der Waals surface area contributed by atoms with Gasteiger partial charge in [-0.3, -0.25) is 4.79 Å². The Morgan fingerprint density at radius 1 is 1.38 bits per heavy atom. The molecule has 21 heavy (non-hydrogen) atoms. The minimum atomic E-state index is -1.03. The molecule has 2 aromatic rings. The van der Waals surface area contributed by atoms with Crippen molar-refractivity contribution in [3.63, 3.8) is 0 Å². The first-order chi connectivity index (χ1) is 10.1. The third-order valence-electron chi connectivity index (χ3n) is 3.28. The number of carboxylic acids is 1. The summed E-state index contributed by atoms with van der Waals surface area (Å²) in [5.74, 6) is -1.21. The van der Waals surface area contributed by atoms with Crippen molar-refractivity contribution in [3.8, 4) is 0 Å². The molecule has 6 heteroatoms. The van der Waals surface area contributed by atoms with Crippen LogP contribution in [0.5, 0.6) is 0 Å². The maximum atomic E-state index is 11.3. The lowest BCUT2D eigenvalue weighted by Gasteiger charge is -2.13. The number of para-hydroxylation sites is 1. The molecule has 0 bridgehead atoms. The number of H-pyrrole nitrogens is 1. The molecule has 0 unspecified atom stereocenters. The molecule has 6 nitrogen and oxygen atoms in total. The first-order valence-electron chi connectivity index (χ1n) is 6.71. The van der Waals surface area contributed by atoms with E-state index in [4.69, 9.17) is 4.74 Å². The molecule has 2 rings (SSSR count). The van der Waals surface area contributed by atoms with Gasteiger partial charge in [0.05, 0.1) is 6.61 Å². The zero-order chi connectivity index (χ0) is 15.2. The third-order valence-corrected chi connectivity index (χ3v) is 3.28. The van der Waals surface area contributed by atoms with E-state index in [9.17, 15) is 14.7 Å². The smallest absolute Gasteiger partial charge is 0.333 e. The Morgan fingerprint density at radius 3 is 2.86 bits per heavy atom. The maximum absolute atomic E-state index is 11.3. The zero-order valence-electron chi connectivity index (χ0n) is 11.8. The van der Waals surface area contributed by atoms with E-state index in [1.807, 2.05) is 24.3 Å². The molecule has 1 aromatic carbocycles. The predicted molar refractivity (Wildman–Crippen MR) is 78.1 cm³/mol. The van der Waals surface area contributed by atoms with Crippen molar-refractivity contribution >= 4 is 22.8 Å². The number of hydrogen-bond acceptors (Lipinski definition) is 3. The van der Waals surface area contributed by atoms with Crippen LogP contribution < -0.4 is 5.32 Å². The highest BCUT2D eigenvalue weighted by molar-refractivity contribution is 5.84. The highest BCUT2D eigenvalue weighted by Gasteiger charge is 2.20. The van der Waals surface area contributed by atoms with Crippen LogP contribution in [0, 0.1) is 0 Å². The number of aromatic amines is 1. The van der Waals surface area contributed by atoms with Crippen LogP contribution in [0.1, 0.15) is 12.0 Å². The first kappa shape index (κ1) is 15.1. The van der Waals surface area contributed by atoms with Gasteiger partial charge < -0.3 is 20.1 Å². The number of nitrogens with one attached hydrogen (secondary N) is 2. The van der Waals surface area contributed by atoms with Gasteiger partial charge in [-0.25, -0.2) is 4.79 Å². The molecule has 1 aromatic heterocycles. The number of carbonyl (C=O) groups is 2. The Bertz CT molecular complexity index is 635. The quantitative estimate of drug-likeness (QED) is 0.717. The molecular weight excluding hydrogens is 272 g/mol. The van der Waals surface area contributed by atoms with E-state index in [-0.39, 0.29) is 25.4 Å². The molecule has 1 atom stereocenters. The van der Waals surface area contributed by atoms with Crippen LogP contribution in [-0.4, -0.2) is 41.7 Å². The van der Waals surface area contributed by atoms with Gasteiger partial charge in [0.15, 0.2) is 6.10 Å². The average molecular weight is 290 g/mol. The van der Waals surface area contributed by atoms with Crippen molar-refractivity contribution in [1.82, 2.24) is 10.3 Å². The second-order valence-corrected chi connectivity index (χ2v) is 4.68. The van der Waals surface area contributed by atoms with E-state index in [1.165, 1.54) is 7.05 Å². The van der Waals surface area contributed by atoms with Gasteiger partial charge in [0, 0.05) is 37.0 Å². The van der Waals surface area contributed by atoms with Gasteiger partial charge >= 0.3 is 5.97 Å². The molecule has 0 radical (unpaired) electrons. The fraction of sp³-hybridized carbons (Fsp3) is 0.333. The minimum Gasteiger partial charge on any atom is -0.479 e. The molecule has 0 saturated heterocycles. The van der Waals surface area contributed by atoms with Gasteiger partial charge in [0.1, 0.15) is 0 Å². The van der Waals surface area contributed by atoms with Crippen molar-refractivity contribution in [3.05, 3.63) is 36.0 Å². The number of hydrogen-bond donors (Lipinski definition) is 3. The summed E-state index contributed by atoms with van der Waals surface area (Å²) in [5, 5.41) is 12.7. The van der Waals surface area contributed by atoms with Crippen LogP contribution in [0.3, 0.4) is 0 Å². The number of carboxylic acid groups (broad SMARTS) is 1. The topological polar surface area (TPSA) is 91.4 Å². The number of ether oxygens (including phenoxy) is 1. The Hall–Kier alpha value is -2.34. The summed E-state index contributed by atoms with van der Waals surface area (Å²) in [7, 11) is 1.53. The van der Waals surface area contributed by atoms with E-state index < -0.39 is 12.1 Å². The average Bonchev–Trinajstić information content (AvgIpc) is 2.89. The normalized spacial score (nSPS) is 12.2. The number of fused-ring (bicyclic) bond motifs is 1. The summed E-state index contributed by atoms with van der Waals surface area (Å²) in [6, 6.07) is 7.69. The molecule has 3 N–H and O–H groups in total. The molecule has 112 valence electrons. The summed E-state index contributed by atoms with van der Waals surface area (Å²) in [5.41, 5.74) is 1.85. The van der Waals surface area contributed by atoms with Gasteiger partial charge in [-0.15, -0.1) is 0 Å². The Kier molecular flexibility index (Phi) is 4.94. The van der Waals surface area contributed by atoms with E-state index in [0.29, 0.717) is 0 Å². The molecule has 1 heterocycles. The van der Waals surface area contributed by atoms with Crippen molar-refractivity contribution < 1.29 is 19.4 Å². The van der Waals surface area contributed by atoms with Gasteiger partial charge in [0.25, 0.3) is 0 Å². The molecule has 0 aliphatic carbocycles. The Balaban J connectivity index is 2.02. The van der Waals surface area contributed by atoms with Gasteiger partial charge in [0.2, 0.25) is 5.91 Å². The highest BCUT2D eigenvalue weighted by Crippen LogP contribution is 2.20. The van der Waals surface area contributed by atoms with Crippen LogP contribution in [0.15, 0.2) is 30.5 Å². The standard InChI is InChI=1S/C15H18N2O4/c1-16-14(18)6-7-21-13(15(19)20)8-10-9-17-12-5-3-2-4-11(10)12/h2-5,9,13,17H,6-8H2,1H3,(H,16,18)(H,19,20)/t13-/m0/s1. The number of rotatable bonds is 7. The number of aromatic nitrogens is 1. The van der Waals surface area contributed by atoms with Crippen LogP contribution in [0.25, 0.3) is 10.9 Å². The number of benzene rings is 1. The summed E-state index contributed by atoms with van der Waals surface area (Å²) in [6.45, 7) is 0.0823. The summed E-state index contributed by atoms with van der Waals surface area (Å²) in [6.07, 6.45) is 1.23. The summed E-state index contributed by atoms with van der Waals surface area (Å²) >= 11 is 0. The van der Waals surface area contributed by atoms with Crippen molar-refractivity contribution in [2.75, 3.05) is 13.7 Å². The SMILES string of the molecule is CNC(=O)CCO[C@@H](Cc1c[nH]c2ccccc12)C(=O)O. The lowest BCUT2D eigenvalue weighted by Crippen LogP contribution is -2.28. The summed E-state index contributed by atoms with van der Waals surface area (Å²) in [4.78, 5) is 25.5. The molecule has 0 spiro atoms. The Morgan fingerprint density at radius 2 is 2.14 bits per heavy atom. The molecule has 0 saturated carbocycles. The molecule has 0 aliphatic heterocycles. The molecule has 0 aliphatic rings. The zero-order valence-corrected chi connectivity index (χ0v) is 11.8. The Labute approximate surface area is 122 Å². The lowest BCUT2D eigenvalue weighted by molar-refractivity contribution is -0.151. The number of carbonyl (C=O) groups excluding carboxylic acids is 1. The fourth-order valence-electron chi connectivity index (χ4n) is 2.14. The highest BCUT2D eigenvalue weighted by atomic mass is 16.5. The van der Waals surface area contributed by atoms with Crippen molar-refractivity contribution in [1.29, 1.82) is 0 Å². The van der Waals surface area contributed by atoms with Gasteiger partial charge in [-0.2, -0.15) is 0 Å². The largest absolute Gasteiger partial charge is 0.479 e. The number of aliphatic carboxylic acids is 1. The predicted octanol–water partition coefficient (Wildman–Crippen LogP) is 1.32. The second-order valence-electron chi connectivity index (χ2n) is 4.68. The van der Waals surface area contributed by atoms with Crippen LogP contribution in [0.4, 0.5) is 0 Å². The van der Waals surface area contributed by atoms with E-state index in [1.54, 1.807) is 6.20 Å². The summed E-state index contributed by atoms with van der Waals surface area (Å²) < 4.78 is 5.32.